The van der Waals surface area contributed by atoms with Crippen LogP contribution in [-0.4, -0.2) is 25.8 Å². The molecule has 0 unspecified atom stereocenters. The van der Waals surface area contributed by atoms with Crippen LogP contribution in [0.5, 0.6) is 0 Å². The van der Waals surface area contributed by atoms with Crippen molar-refractivity contribution in [1.82, 2.24) is 0 Å². The lowest BCUT2D eigenvalue weighted by atomic mass is 10.2. The lowest BCUT2D eigenvalue weighted by Crippen LogP contribution is -2.12. The Kier molecular flexibility index (Phi) is 4.85. The highest BCUT2D eigenvalue weighted by molar-refractivity contribution is 5.89. The number of esters is 1. The van der Waals surface area contributed by atoms with Crippen molar-refractivity contribution in [2.45, 2.75) is 6.92 Å². The topological polar surface area (TPSA) is 35.5 Å². The molecule has 1 aromatic carbocycles. The summed E-state index contributed by atoms with van der Waals surface area (Å²) >= 11 is 0. The number of carbonyl (C=O) groups is 1. The van der Waals surface area contributed by atoms with Gasteiger partial charge in [0.15, 0.2) is 0 Å². The fraction of sp³-hybridized carbons (Fsp3) is 0.364. The molecule has 0 radical (unpaired) electrons. The van der Waals surface area contributed by atoms with Gasteiger partial charge in [-0.2, -0.15) is 0 Å². The van der Waals surface area contributed by atoms with E-state index in [1.165, 1.54) is 0 Å². The molecular formula is C11H12F2O3. The van der Waals surface area contributed by atoms with E-state index in [1.54, 1.807) is 6.92 Å². The van der Waals surface area contributed by atoms with Crippen molar-refractivity contribution in [1.29, 1.82) is 0 Å². The highest BCUT2D eigenvalue weighted by atomic mass is 19.1. The van der Waals surface area contributed by atoms with Gasteiger partial charge in [0, 0.05) is 6.61 Å². The quantitative estimate of drug-likeness (QED) is 0.574. The zero-order valence-corrected chi connectivity index (χ0v) is 8.83. The summed E-state index contributed by atoms with van der Waals surface area (Å²) in [6.45, 7) is 2.56. The van der Waals surface area contributed by atoms with Crippen molar-refractivity contribution >= 4 is 5.97 Å². The third-order valence-corrected chi connectivity index (χ3v) is 1.81. The summed E-state index contributed by atoms with van der Waals surface area (Å²) in [5.41, 5.74) is -0.406. The SMILES string of the molecule is CCOCCOC(=O)c1cc(F)ccc1F. The van der Waals surface area contributed by atoms with Crippen molar-refractivity contribution in [3.05, 3.63) is 35.4 Å². The first kappa shape index (κ1) is 12.6. The Morgan fingerprint density at radius 3 is 2.75 bits per heavy atom. The van der Waals surface area contributed by atoms with Crippen molar-refractivity contribution in [3.63, 3.8) is 0 Å². The van der Waals surface area contributed by atoms with Gasteiger partial charge < -0.3 is 9.47 Å². The largest absolute Gasteiger partial charge is 0.460 e. The van der Waals surface area contributed by atoms with Crippen LogP contribution in [0.15, 0.2) is 18.2 Å². The van der Waals surface area contributed by atoms with Crippen LogP contribution in [0.2, 0.25) is 0 Å². The molecule has 3 nitrogen and oxygen atoms in total. The van der Waals surface area contributed by atoms with E-state index in [0.29, 0.717) is 6.61 Å². The van der Waals surface area contributed by atoms with Crippen molar-refractivity contribution < 1.29 is 23.0 Å². The smallest absolute Gasteiger partial charge is 0.341 e. The second-order valence-electron chi connectivity index (χ2n) is 2.96. The zero-order valence-electron chi connectivity index (χ0n) is 8.83. The molecule has 5 heteroatoms. The number of hydrogen-bond acceptors (Lipinski definition) is 3. The van der Waals surface area contributed by atoms with Gasteiger partial charge in [0.05, 0.1) is 12.2 Å². The molecule has 0 bridgehead atoms. The summed E-state index contributed by atoms with van der Waals surface area (Å²) in [7, 11) is 0. The fourth-order valence-corrected chi connectivity index (χ4v) is 1.07. The maximum absolute atomic E-state index is 13.1. The normalized spacial score (nSPS) is 10.2. The zero-order chi connectivity index (χ0) is 12.0. The van der Waals surface area contributed by atoms with E-state index in [1.807, 2.05) is 0 Å². The molecule has 0 spiro atoms. The summed E-state index contributed by atoms with van der Waals surface area (Å²) in [6, 6.07) is 2.62. The van der Waals surface area contributed by atoms with Gasteiger partial charge in [0.2, 0.25) is 0 Å². The highest BCUT2D eigenvalue weighted by Crippen LogP contribution is 2.10. The maximum atomic E-state index is 13.1. The highest BCUT2D eigenvalue weighted by Gasteiger charge is 2.13. The van der Waals surface area contributed by atoms with Crippen LogP contribution in [0.4, 0.5) is 8.78 Å². The minimum absolute atomic E-state index is 0.0165. The fourth-order valence-electron chi connectivity index (χ4n) is 1.07. The number of rotatable bonds is 5. The molecule has 0 heterocycles. The molecule has 0 saturated heterocycles. The summed E-state index contributed by atoms with van der Waals surface area (Å²) < 4.78 is 35.5. The van der Waals surface area contributed by atoms with Crippen molar-refractivity contribution in [3.8, 4) is 0 Å². The first-order valence-corrected chi connectivity index (χ1v) is 4.85. The molecule has 0 aliphatic carbocycles. The van der Waals surface area contributed by atoms with Crippen LogP contribution in [0.1, 0.15) is 17.3 Å². The first-order chi connectivity index (χ1) is 7.65. The molecule has 0 aliphatic rings. The van der Waals surface area contributed by atoms with E-state index < -0.39 is 23.2 Å². The average molecular weight is 230 g/mol. The first-order valence-electron chi connectivity index (χ1n) is 4.85. The molecule has 16 heavy (non-hydrogen) atoms. The molecule has 0 fully saturated rings. The predicted octanol–water partition coefficient (Wildman–Crippen LogP) is 2.16. The molecule has 88 valence electrons. The van der Waals surface area contributed by atoms with Gasteiger partial charge in [-0.15, -0.1) is 0 Å². The lowest BCUT2D eigenvalue weighted by molar-refractivity contribution is 0.0330. The minimum Gasteiger partial charge on any atom is -0.460 e. The van der Waals surface area contributed by atoms with E-state index in [0.717, 1.165) is 18.2 Å². The monoisotopic (exact) mass is 230 g/mol. The summed E-state index contributed by atoms with van der Waals surface area (Å²) in [5.74, 6) is -2.38. The van der Waals surface area contributed by atoms with Gasteiger partial charge in [-0.1, -0.05) is 0 Å². The van der Waals surface area contributed by atoms with E-state index >= 15 is 0 Å². The number of carbonyl (C=O) groups excluding carboxylic acids is 1. The number of benzene rings is 1. The molecule has 0 amide bonds. The standard InChI is InChI=1S/C11H12F2O3/c1-2-15-5-6-16-11(14)9-7-8(12)3-4-10(9)13/h3-4,7H,2,5-6H2,1H3. The van der Waals surface area contributed by atoms with E-state index in [4.69, 9.17) is 9.47 Å². The third-order valence-electron chi connectivity index (χ3n) is 1.81. The summed E-state index contributed by atoms with van der Waals surface area (Å²) in [6.07, 6.45) is 0. The molecule has 0 saturated carbocycles. The van der Waals surface area contributed by atoms with E-state index in [9.17, 15) is 13.6 Å². The van der Waals surface area contributed by atoms with Gasteiger partial charge in [0.25, 0.3) is 0 Å². The van der Waals surface area contributed by atoms with Crippen molar-refractivity contribution in [2.24, 2.45) is 0 Å². The number of hydrogen-bond donors (Lipinski definition) is 0. The molecule has 0 aromatic heterocycles. The molecule has 1 aromatic rings. The summed E-state index contributed by atoms with van der Waals surface area (Å²) in [4.78, 5) is 11.3. The van der Waals surface area contributed by atoms with Crippen LogP contribution in [0.3, 0.4) is 0 Å². The lowest BCUT2D eigenvalue weighted by Gasteiger charge is -2.05. The van der Waals surface area contributed by atoms with Crippen LogP contribution in [-0.2, 0) is 9.47 Å². The molecular weight excluding hydrogens is 218 g/mol. The Morgan fingerprint density at radius 2 is 2.06 bits per heavy atom. The summed E-state index contributed by atoms with van der Waals surface area (Å²) in [5, 5.41) is 0. The van der Waals surface area contributed by atoms with Gasteiger partial charge in [-0.25, -0.2) is 13.6 Å². The Balaban J connectivity index is 2.55. The Morgan fingerprint density at radius 1 is 1.31 bits per heavy atom. The van der Waals surface area contributed by atoms with Crippen molar-refractivity contribution in [2.75, 3.05) is 19.8 Å². The number of ether oxygens (including phenoxy) is 2. The van der Waals surface area contributed by atoms with Crippen LogP contribution < -0.4 is 0 Å². The number of halogens is 2. The second kappa shape index (κ2) is 6.17. The van der Waals surface area contributed by atoms with E-state index in [2.05, 4.69) is 0 Å². The van der Waals surface area contributed by atoms with Crippen LogP contribution >= 0.6 is 0 Å². The second-order valence-corrected chi connectivity index (χ2v) is 2.96. The van der Waals surface area contributed by atoms with E-state index in [-0.39, 0.29) is 13.2 Å². The van der Waals surface area contributed by atoms with Gasteiger partial charge in [-0.3, -0.25) is 0 Å². The minimum atomic E-state index is -0.892. The van der Waals surface area contributed by atoms with Crippen LogP contribution in [0, 0.1) is 11.6 Å². The molecule has 1 rings (SSSR count). The Bertz CT molecular complexity index is 366. The van der Waals surface area contributed by atoms with Gasteiger partial charge in [-0.05, 0) is 25.1 Å². The Hall–Kier alpha value is -1.49. The maximum Gasteiger partial charge on any atom is 0.341 e. The average Bonchev–Trinajstić information content (AvgIpc) is 2.27. The molecule has 0 aliphatic heterocycles. The predicted molar refractivity (Wildman–Crippen MR) is 53.1 cm³/mol. The van der Waals surface area contributed by atoms with Crippen LogP contribution in [0.25, 0.3) is 0 Å². The Labute approximate surface area is 92.0 Å². The molecule has 0 atom stereocenters. The third kappa shape index (κ3) is 3.58. The molecule has 0 N–H and O–H groups in total. The van der Waals surface area contributed by atoms with Gasteiger partial charge >= 0.3 is 5.97 Å². The van der Waals surface area contributed by atoms with Gasteiger partial charge in [0.1, 0.15) is 18.2 Å².